The molecule has 3 rings (SSSR count). The molecule has 6 heteroatoms. The predicted octanol–water partition coefficient (Wildman–Crippen LogP) is 2.15. The minimum absolute atomic E-state index is 0.00428. The van der Waals surface area contributed by atoms with Crippen molar-refractivity contribution in [1.29, 1.82) is 0 Å². The van der Waals surface area contributed by atoms with Crippen LogP contribution in [0.3, 0.4) is 0 Å². The van der Waals surface area contributed by atoms with Crippen molar-refractivity contribution in [3.8, 4) is 0 Å². The third-order valence-corrected chi connectivity index (χ3v) is 5.18. The molecule has 0 unspecified atom stereocenters. The van der Waals surface area contributed by atoms with E-state index in [0.717, 1.165) is 38.1 Å². The highest BCUT2D eigenvalue weighted by atomic mass is 19.2. The number of carbonyl (C=O) groups excluding carboxylic acids is 1. The third kappa shape index (κ3) is 2.97. The molecule has 4 nitrogen and oxygen atoms in total. The van der Waals surface area contributed by atoms with Crippen LogP contribution in [-0.4, -0.2) is 61.6 Å². The van der Waals surface area contributed by atoms with Gasteiger partial charge in [-0.15, -0.1) is 0 Å². The standard InChI is InChI=1S/C17H22F2N2O2/c1-20-6-5-12(9-23-2)8-17(20)10-21(11-17)16(22)13-3-4-14(18)15(19)7-13/h3-4,7,12H,5-6,8-11H2,1-2H3/t12-/m0/s1. The van der Waals surface area contributed by atoms with Crippen molar-refractivity contribution in [3.63, 3.8) is 0 Å². The van der Waals surface area contributed by atoms with Crippen LogP contribution in [0.4, 0.5) is 8.78 Å². The van der Waals surface area contributed by atoms with Gasteiger partial charge in [0.15, 0.2) is 11.6 Å². The molecule has 1 aromatic carbocycles. The number of likely N-dealkylation sites (N-methyl/N-ethyl adjacent to an activating group) is 1. The highest BCUT2D eigenvalue weighted by Gasteiger charge is 2.50. The van der Waals surface area contributed by atoms with Crippen LogP contribution in [0, 0.1) is 17.6 Å². The van der Waals surface area contributed by atoms with Crippen molar-refractivity contribution in [2.45, 2.75) is 18.4 Å². The maximum absolute atomic E-state index is 13.3. The molecule has 0 aliphatic carbocycles. The molecule has 2 aliphatic rings. The second-order valence-corrected chi connectivity index (χ2v) is 6.75. The SMILES string of the molecule is COC[C@H]1CCN(C)C2(C1)CN(C(=O)c1ccc(F)c(F)c1)C2. The van der Waals surface area contributed by atoms with Gasteiger partial charge in [0.2, 0.25) is 0 Å². The molecule has 1 spiro atoms. The summed E-state index contributed by atoms with van der Waals surface area (Å²) in [4.78, 5) is 16.4. The first kappa shape index (κ1) is 16.3. The van der Waals surface area contributed by atoms with Crippen molar-refractivity contribution in [2.24, 2.45) is 5.92 Å². The third-order valence-electron chi connectivity index (χ3n) is 5.18. The van der Waals surface area contributed by atoms with E-state index < -0.39 is 11.6 Å². The average Bonchev–Trinajstić information content (AvgIpc) is 2.49. The first-order valence-electron chi connectivity index (χ1n) is 7.90. The molecule has 1 aromatic rings. The fraction of sp³-hybridized carbons (Fsp3) is 0.588. The van der Waals surface area contributed by atoms with Crippen LogP contribution >= 0.6 is 0 Å². The molecule has 2 heterocycles. The smallest absolute Gasteiger partial charge is 0.254 e. The zero-order valence-electron chi connectivity index (χ0n) is 13.5. The number of carbonyl (C=O) groups is 1. The van der Waals surface area contributed by atoms with E-state index in [2.05, 4.69) is 11.9 Å². The lowest BCUT2D eigenvalue weighted by atomic mass is 9.75. The van der Waals surface area contributed by atoms with E-state index in [4.69, 9.17) is 4.74 Å². The molecule has 0 saturated carbocycles. The lowest BCUT2D eigenvalue weighted by Gasteiger charge is -2.58. The summed E-state index contributed by atoms with van der Waals surface area (Å²) in [6.45, 7) is 2.98. The van der Waals surface area contributed by atoms with Gasteiger partial charge in [-0.25, -0.2) is 8.78 Å². The fourth-order valence-electron chi connectivity index (χ4n) is 3.78. The van der Waals surface area contributed by atoms with Crippen molar-refractivity contribution in [1.82, 2.24) is 9.80 Å². The second-order valence-electron chi connectivity index (χ2n) is 6.75. The zero-order chi connectivity index (χ0) is 16.6. The van der Waals surface area contributed by atoms with Crippen LogP contribution in [0.5, 0.6) is 0 Å². The number of likely N-dealkylation sites (tertiary alicyclic amines) is 2. The maximum Gasteiger partial charge on any atom is 0.254 e. The van der Waals surface area contributed by atoms with Gasteiger partial charge >= 0.3 is 0 Å². The summed E-state index contributed by atoms with van der Waals surface area (Å²) in [7, 11) is 3.80. The molecule has 0 N–H and O–H groups in total. The van der Waals surface area contributed by atoms with E-state index in [9.17, 15) is 13.6 Å². The Morgan fingerprint density at radius 3 is 2.74 bits per heavy atom. The molecule has 0 aromatic heterocycles. The summed E-state index contributed by atoms with van der Waals surface area (Å²) in [5.74, 6) is -1.65. The van der Waals surface area contributed by atoms with Crippen molar-refractivity contribution in [3.05, 3.63) is 35.4 Å². The Hall–Kier alpha value is -1.53. The number of benzene rings is 1. The van der Waals surface area contributed by atoms with Crippen LogP contribution in [0.1, 0.15) is 23.2 Å². The highest BCUT2D eigenvalue weighted by Crippen LogP contribution is 2.38. The average molecular weight is 324 g/mol. The zero-order valence-corrected chi connectivity index (χ0v) is 13.5. The van der Waals surface area contributed by atoms with Gasteiger partial charge in [0.25, 0.3) is 5.91 Å². The Bertz CT molecular complexity index is 602. The summed E-state index contributed by atoms with van der Waals surface area (Å²) in [6, 6.07) is 3.31. The Morgan fingerprint density at radius 2 is 2.09 bits per heavy atom. The van der Waals surface area contributed by atoms with E-state index in [-0.39, 0.29) is 17.0 Å². The number of piperidine rings is 1. The van der Waals surface area contributed by atoms with Crippen molar-refractivity contribution in [2.75, 3.05) is 40.4 Å². The van der Waals surface area contributed by atoms with E-state index >= 15 is 0 Å². The summed E-state index contributed by atoms with van der Waals surface area (Å²) in [5, 5.41) is 0. The van der Waals surface area contributed by atoms with E-state index in [1.807, 2.05) is 0 Å². The van der Waals surface area contributed by atoms with Crippen LogP contribution in [0.25, 0.3) is 0 Å². The number of hydrogen-bond acceptors (Lipinski definition) is 3. The van der Waals surface area contributed by atoms with Gasteiger partial charge in [-0.2, -0.15) is 0 Å². The van der Waals surface area contributed by atoms with E-state index in [1.165, 1.54) is 6.07 Å². The monoisotopic (exact) mass is 324 g/mol. The van der Waals surface area contributed by atoms with Gasteiger partial charge in [0.1, 0.15) is 0 Å². The molecule has 1 amide bonds. The summed E-state index contributed by atoms with van der Waals surface area (Å²) >= 11 is 0. The fourth-order valence-corrected chi connectivity index (χ4v) is 3.78. The minimum atomic E-state index is -0.985. The topological polar surface area (TPSA) is 32.8 Å². The molecule has 2 aliphatic heterocycles. The van der Waals surface area contributed by atoms with Gasteiger partial charge < -0.3 is 9.64 Å². The first-order valence-corrected chi connectivity index (χ1v) is 7.90. The number of methoxy groups -OCH3 is 1. The van der Waals surface area contributed by atoms with Gasteiger partial charge in [-0.3, -0.25) is 9.69 Å². The molecule has 2 saturated heterocycles. The Kier molecular flexibility index (Phi) is 4.38. The van der Waals surface area contributed by atoms with E-state index in [0.29, 0.717) is 19.0 Å². The normalized spacial score (nSPS) is 23.8. The Labute approximate surface area is 135 Å². The first-order chi connectivity index (χ1) is 10.9. The molecule has 23 heavy (non-hydrogen) atoms. The van der Waals surface area contributed by atoms with Crippen LogP contribution in [0.15, 0.2) is 18.2 Å². The second kappa shape index (κ2) is 6.17. The lowest BCUT2D eigenvalue weighted by molar-refractivity contribution is -0.0731. The van der Waals surface area contributed by atoms with Gasteiger partial charge in [0.05, 0.1) is 5.54 Å². The Balaban J connectivity index is 1.67. The quantitative estimate of drug-likeness (QED) is 0.854. The molecular formula is C17H22F2N2O2. The summed E-state index contributed by atoms with van der Waals surface area (Å²) in [6.07, 6.45) is 2.10. The molecule has 2 fully saturated rings. The van der Waals surface area contributed by atoms with Gasteiger partial charge in [0, 0.05) is 32.4 Å². The van der Waals surface area contributed by atoms with Gasteiger partial charge in [-0.1, -0.05) is 0 Å². The number of hydrogen-bond donors (Lipinski definition) is 0. The summed E-state index contributed by atoms with van der Waals surface area (Å²) in [5.41, 5.74) is 0.195. The van der Waals surface area contributed by atoms with Crippen molar-refractivity contribution >= 4 is 5.91 Å². The van der Waals surface area contributed by atoms with E-state index in [1.54, 1.807) is 12.0 Å². The largest absolute Gasteiger partial charge is 0.384 e. The molecule has 0 bridgehead atoms. The summed E-state index contributed by atoms with van der Waals surface area (Å²) < 4.78 is 31.6. The number of halogens is 2. The number of ether oxygens (including phenoxy) is 1. The van der Waals surface area contributed by atoms with Crippen molar-refractivity contribution < 1.29 is 18.3 Å². The predicted molar refractivity (Wildman–Crippen MR) is 82.2 cm³/mol. The maximum atomic E-state index is 13.3. The van der Waals surface area contributed by atoms with Gasteiger partial charge in [-0.05, 0) is 50.6 Å². The molecule has 1 atom stereocenters. The number of rotatable bonds is 3. The Morgan fingerprint density at radius 1 is 1.35 bits per heavy atom. The minimum Gasteiger partial charge on any atom is -0.384 e. The van der Waals surface area contributed by atoms with Crippen LogP contribution in [0.2, 0.25) is 0 Å². The number of amides is 1. The lowest BCUT2D eigenvalue weighted by Crippen LogP contribution is -2.72. The van der Waals surface area contributed by atoms with Crippen LogP contribution in [-0.2, 0) is 4.74 Å². The number of nitrogens with zero attached hydrogens (tertiary/aromatic N) is 2. The molecular weight excluding hydrogens is 302 g/mol. The highest BCUT2D eigenvalue weighted by molar-refractivity contribution is 5.95. The van der Waals surface area contributed by atoms with Crippen LogP contribution < -0.4 is 0 Å². The molecule has 126 valence electrons. The molecule has 0 radical (unpaired) electrons.